The fourth-order valence-electron chi connectivity index (χ4n) is 1.98. The van der Waals surface area contributed by atoms with E-state index in [1.165, 1.54) is 6.42 Å². The van der Waals surface area contributed by atoms with E-state index in [2.05, 4.69) is 48.2 Å². The summed E-state index contributed by atoms with van der Waals surface area (Å²) in [6.45, 7) is 9.12. The van der Waals surface area contributed by atoms with Crippen molar-refractivity contribution in [1.29, 1.82) is 0 Å². The molecule has 1 aromatic heterocycles. The molecule has 5 nitrogen and oxygen atoms in total. The first-order chi connectivity index (χ1) is 7.97. The molecule has 0 amide bonds. The Morgan fingerprint density at radius 1 is 1.41 bits per heavy atom. The van der Waals surface area contributed by atoms with Gasteiger partial charge < -0.3 is 9.73 Å². The molecule has 1 fully saturated rings. The molecule has 1 saturated heterocycles. The summed E-state index contributed by atoms with van der Waals surface area (Å²) < 4.78 is 5.69. The van der Waals surface area contributed by atoms with Crippen LogP contribution < -0.4 is 5.32 Å². The third-order valence-corrected chi connectivity index (χ3v) is 3.15. The van der Waals surface area contributed by atoms with Gasteiger partial charge in [-0.1, -0.05) is 20.8 Å². The van der Waals surface area contributed by atoms with Crippen molar-refractivity contribution in [3.05, 3.63) is 11.8 Å². The number of hydrogen-bond donors (Lipinski definition) is 1. The van der Waals surface area contributed by atoms with E-state index in [0.717, 1.165) is 19.6 Å². The number of aromatic nitrogens is 2. The maximum Gasteiger partial charge on any atom is 0.230 e. The largest absolute Gasteiger partial charge is 0.423 e. The van der Waals surface area contributed by atoms with Crippen LogP contribution in [-0.4, -0.2) is 41.3 Å². The molecular formula is C12H22N4O. The molecule has 1 aromatic rings. The van der Waals surface area contributed by atoms with Gasteiger partial charge in [0.25, 0.3) is 0 Å². The van der Waals surface area contributed by atoms with Crippen molar-refractivity contribution in [2.45, 2.75) is 45.2 Å². The first-order valence-electron chi connectivity index (χ1n) is 6.20. The lowest BCUT2D eigenvalue weighted by Crippen LogP contribution is -2.32. The van der Waals surface area contributed by atoms with Crippen LogP contribution >= 0.6 is 0 Å². The number of hydrogen-bond acceptors (Lipinski definition) is 5. The quantitative estimate of drug-likeness (QED) is 0.856. The van der Waals surface area contributed by atoms with Crippen LogP contribution in [-0.2, 0) is 12.0 Å². The van der Waals surface area contributed by atoms with Gasteiger partial charge in [0, 0.05) is 18.0 Å². The molecule has 2 rings (SSSR count). The van der Waals surface area contributed by atoms with Crippen molar-refractivity contribution in [3.63, 3.8) is 0 Å². The Morgan fingerprint density at radius 2 is 2.18 bits per heavy atom. The number of nitrogens with zero attached hydrogens (tertiary/aromatic N) is 3. The average molecular weight is 238 g/mol. The Morgan fingerprint density at radius 3 is 2.71 bits per heavy atom. The summed E-state index contributed by atoms with van der Waals surface area (Å²) in [5.41, 5.74) is -0.0707. The molecule has 0 bridgehead atoms. The van der Waals surface area contributed by atoms with Crippen LogP contribution in [0, 0.1) is 0 Å². The van der Waals surface area contributed by atoms with E-state index in [0.29, 0.717) is 17.8 Å². The first-order valence-corrected chi connectivity index (χ1v) is 6.20. The van der Waals surface area contributed by atoms with Crippen LogP contribution in [0.4, 0.5) is 0 Å². The summed E-state index contributed by atoms with van der Waals surface area (Å²) in [5.74, 6) is 1.43. The van der Waals surface area contributed by atoms with Crippen LogP contribution in [0.3, 0.4) is 0 Å². The van der Waals surface area contributed by atoms with Crippen LogP contribution in [0.5, 0.6) is 0 Å². The second-order valence-corrected chi connectivity index (χ2v) is 5.81. The van der Waals surface area contributed by atoms with Gasteiger partial charge in [0.15, 0.2) is 0 Å². The smallest absolute Gasteiger partial charge is 0.230 e. The lowest BCUT2D eigenvalue weighted by Gasteiger charge is -2.21. The number of nitrogens with one attached hydrogen (secondary N) is 1. The van der Waals surface area contributed by atoms with Crippen molar-refractivity contribution < 1.29 is 4.42 Å². The minimum absolute atomic E-state index is 0.0707. The normalized spacial score (nSPS) is 21.4. The van der Waals surface area contributed by atoms with Gasteiger partial charge in [0.05, 0.1) is 6.54 Å². The summed E-state index contributed by atoms with van der Waals surface area (Å²) in [7, 11) is 2.11. The predicted molar refractivity (Wildman–Crippen MR) is 65.7 cm³/mol. The minimum Gasteiger partial charge on any atom is -0.423 e. The van der Waals surface area contributed by atoms with Crippen LogP contribution in [0.15, 0.2) is 4.42 Å². The van der Waals surface area contributed by atoms with Gasteiger partial charge in [-0.3, -0.25) is 4.90 Å². The molecule has 1 aliphatic rings. The first kappa shape index (κ1) is 12.5. The fraction of sp³-hybridized carbons (Fsp3) is 0.833. The fourth-order valence-corrected chi connectivity index (χ4v) is 1.98. The highest BCUT2D eigenvalue weighted by Gasteiger charge is 2.24. The van der Waals surface area contributed by atoms with Crippen molar-refractivity contribution in [2.75, 3.05) is 20.1 Å². The summed E-state index contributed by atoms with van der Waals surface area (Å²) >= 11 is 0. The highest BCUT2D eigenvalue weighted by molar-refractivity contribution is 4.96. The summed E-state index contributed by atoms with van der Waals surface area (Å²) in [6, 6.07) is 0.583. The molecule has 5 heteroatoms. The molecule has 1 atom stereocenters. The average Bonchev–Trinajstić information content (AvgIpc) is 2.85. The van der Waals surface area contributed by atoms with Gasteiger partial charge in [0.1, 0.15) is 0 Å². The molecule has 0 aromatic carbocycles. The zero-order valence-corrected chi connectivity index (χ0v) is 11.2. The van der Waals surface area contributed by atoms with Crippen LogP contribution in [0.25, 0.3) is 0 Å². The Bertz CT molecular complexity index is 363. The van der Waals surface area contributed by atoms with Crippen molar-refractivity contribution in [1.82, 2.24) is 20.4 Å². The standard InChI is InChI=1S/C12H22N4O/c1-12(2,3)11-15-14-10(17-11)8-16(4)9-5-6-13-7-9/h9,13H,5-8H2,1-4H3. The summed E-state index contributed by atoms with van der Waals surface area (Å²) in [5, 5.41) is 11.6. The molecule has 1 N–H and O–H groups in total. The molecule has 96 valence electrons. The number of rotatable bonds is 3. The van der Waals surface area contributed by atoms with E-state index in [1.54, 1.807) is 0 Å². The minimum atomic E-state index is -0.0707. The van der Waals surface area contributed by atoms with Gasteiger partial charge in [-0.05, 0) is 20.0 Å². The van der Waals surface area contributed by atoms with Crippen LogP contribution in [0.2, 0.25) is 0 Å². The van der Waals surface area contributed by atoms with E-state index < -0.39 is 0 Å². The third-order valence-electron chi connectivity index (χ3n) is 3.15. The van der Waals surface area contributed by atoms with Crippen LogP contribution in [0.1, 0.15) is 39.0 Å². The Hall–Kier alpha value is -0.940. The second-order valence-electron chi connectivity index (χ2n) is 5.81. The molecule has 0 spiro atoms. The van der Waals surface area contributed by atoms with Gasteiger partial charge in [-0.15, -0.1) is 10.2 Å². The summed E-state index contributed by atoms with van der Waals surface area (Å²) in [4.78, 5) is 2.28. The third kappa shape index (κ3) is 3.04. The zero-order chi connectivity index (χ0) is 12.5. The van der Waals surface area contributed by atoms with Gasteiger partial charge >= 0.3 is 0 Å². The van der Waals surface area contributed by atoms with E-state index >= 15 is 0 Å². The monoisotopic (exact) mass is 238 g/mol. The van der Waals surface area contributed by atoms with Crippen molar-refractivity contribution in [2.24, 2.45) is 0 Å². The zero-order valence-electron chi connectivity index (χ0n) is 11.2. The lowest BCUT2D eigenvalue weighted by atomic mass is 9.97. The maximum absolute atomic E-state index is 5.69. The molecule has 2 heterocycles. The Kier molecular flexibility index (Phi) is 3.49. The van der Waals surface area contributed by atoms with E-state index in [9.17, 15) is 0 Å². The van der Waals surface area contributed by atoms with Gasteiger partial charge in [-0.2, -0.15) is 0 Å². The van der Waals surface area contributed by atoms with E-state index in [4.69, 9.17) is 4.42 Å². The molecule has 0 saturated carbocycles. The maximum atomic E-state index is 5.69. The summed E-state index contributed by atoms with van der Waals surface area (Å²) in [6.07, 6.45) is 1.19. The van der Waals surface area contributed by atoms with E-state index in [-0.39, 0.29) is 5.41 Å². The predicted octanol–water partition coefficient (Wildman–Crippen LogP) is 1.16. The Labute approximate surface area is 103 Å². The molecule has 17 heavy (non-hydrogen) atoms. The van der Waals surface area contributed by atoms with Gasteiger partial charge in [-0.25, -0.2) is 0 Å². The molecule has 1 unspecified atom stereocenters. The molecular weight excluding hydrogens is 216 g/mol. The molecule has 0 aliphatic carbocycles. The Balaban J connectivity index is 1.96. The second kappa shape index (κ2) is 4.74. The topological polar surface area (TPSA) is 54.2 Å². The van der Waals surface area contributed by atoms with Gasteiger partial charge in [0.2, 0.25) is 11.8 Å². The highest BCUT2D eigenvalue weighted by atomic mass is 16.4. The SMILES string of the molecule is CN(Cc1nnc(C(C)(C)C)o1)C1CCNC1. The van der Waals surface area contributed by atoms with E-state index in [1.807, 2.05) is 0 Å². The van der Waals surface area contributed by atoms with Crippen molar-refractivity contribution in [3.8, 4) is 0 Å². The highest BCUT2D eigenvalue weighted by Crippen LogP contribution is 2.21. The number of likely N-dealkylation sites (N-methyl/N-ethyl adjacent to an activating group) is 1. The lowest BCUT2D eigenvalue weighted by molar-refractivity contribution is 0.219. The molecule has 0 radical (unpaired) electrons. The van der Waals surface area contributed by atoms with Crippen molar-refractivity contribution >= 4 is 0 Å². The molecule has 1 aliphatic heterocycles.